The largest absolute Gasteiger partial charge is 0.378 e. The summed E-state index contributed by atoms with van der Waals surface area (Å²) in [6, 6.07) is 4.49. The van der Waals surface area contributed by atoms with Gasteiger partial charge in [-0.3, -0.25) is 9.69 Å². The Balaban J connectivity index is 1.64. The van der Waals surface area contributed by atoms with Gasteiger partial charge < -0.3 is 15.8 Å². The average Bonchev–Trinajstić information content (AvgIpc) is 3.28. The molecule has 2 aliphatic rings. The molecule has 0 radical (unpaired) electrons. The van der Waals surface area contributed by atoms with Crippen LogP contribution in [0.1, 0.15) is 51.0 Å². The van der Waals surface area contributed by atoms with Gasteiger partial charge in [0.25, 0.3) is 0 Å². The van der Waals surface area contributed by atoms with Gasteiger partial charge in [0.05, 0.1) is 12.1 Å². The van der Waals surface area contributed by atoms with Gasteiger partial charge in [-0.15, -0.1) is 11.3 Å². The molecule has 6 heteroatoms. The molecule has 0 spiro atoms. The molecule has 3 rings (SSSR count). The maximum Gasteiger partial charge on any atom is 0.240 e. The van der Waals surface area contributed by atoms with Crippen molar-refractivity contribution in [2.45, 2.75) is 57.7 Å². The zero-order chi connectivity index (χ0) is 18.1. The van der Waals surface area contributed by atoms with Gasteiger partial charge in [0, 0.05) is 29.9 Å². The second kappa shape index (κ2) is 7.35. The molecule has 1 saturated heterocycles. The summed E-state index contributed by atoms with van der Waals surface area (Å²) in [7, 11) is 0. The molecular formula is C19H31N3O2S. The highest BCUT2D eigenvalue weighted by molar-refractivity contribution is 7.10. The molecule has 1 amide bonds. The smallest absolute Gasteiger partial charge is 0.240 e. The van der Waals surface area contributed by atoms with E-state index >= 15 is 0 Å². The lowest BCUT2D eigenvalue weighted by molar-refractivity contribution is -0.170. The zero-order valence-electron chi connectivity index (χ0n) is 15.6. The fraction of sp³-hybridized carbons (Fsp3) is 0.737. The number of hydrogen-bond acceptors (Lipinski definition) is 5. The summed E-state index contributed by atoms with van der Waals surface area (Å²) in [5, 5.41) is 5.26. The van der Waals surface area contributed by atoms with Gasteiger partial charge in [0.1, 0.15) is 5.54 Å². The molecule has 0 bridgehead atoms. The molecule has 3 N–H and O–H groups in total. The fourth-order valence-electron chi connectivity index (χ4n) is 4.11. The highest BCUT2D eigenvalue weighted by Gasteiger charge is 2.62. The Kier molecular flexibility index (Phi) is 5.54. The first-order valence-electron chi connectivity index (χ1n) is 9.36. The van der Waals surface area contributed by atoms with Crippen molar-refractivity contribution >= 4 is 17.2 Å². The molecule has 1 aliphatic heterocycles. The van der Waals surface area contributed by atoms with Gasteiger partial charge in [-0.2, -0.15) is 0 Å². The van der Waals surface area contributed by atoms with Crippen LogP contribution in [0, 0.1) is 5.41 Å². The monoisotopic (exact) mass is 365 g/mol. The molecule has 0 aromatic carbocycles. The standard InChI is InChI=1S/C19H31N3O2S/c1-4-24-16-12-19(20,18(16,2)3)17(23)21-13-14(15-8-7-11-25-15)22-9-5-6-10-22/h7-8,11,14,16H,4-6,9-10,12-13,20H2,1-3H3,(H,21,23). The lowest BCUT2D eigenvalue weighted by Crippen LogP contribution is -2.76. The highest BCUT2D eigenvalue weighted by Crippen LogP contribution is 2.49. The van der Waals surface area contributed by atoms with Gasteiger partial charge in [0.2, 0.25) is 5.91 Å². The van der Waals surface area contributed by atoms with Crippen LogP contribution in [0.5, 0.6) is 0 Å². The summed E-state index contributed by atoms with van der Waals surface area (Å²) >= 11 is 1.76. The number of amides is 1. The Bertz CT molecular complexity index is 583. The number of nitrogens with two attached hydrogens (primary N) is 1. The molecule has 1 aliphatic carbocycles. The number of likely N-dealkylation sites (tertiary alicyclic amines) is 1. The van der Waals surface area contributed by atoms with Crippen LogP contribution in [0.4, 0.5) is 0 Å². The predicted molar refractivity (Wildman–Crippen MR) is 102 cm³/mol. The summed E-state index contributed by atoms with van der Waals surface area (Å²) in [6.45, 7) is 9.53. The molecule has 3 unspecified atom stereocenters. The summed E-state index contributed by atoms with van der Waals surface area (Å²) in [6.07, 6.45) is 3.12. The topological polar surface area (TPSA) is 67.6 Å². The molecule has 25 heavy (non-hydrogen) atoms. The first kappa shape index (κ1) is 18.8. The van der Waals surface area contributed by atoms with Crippen molar-refractivity contribution in [1.82, 2.24) is 10.2 Å². The number of ether oxygens (including phenoxy) is 1. The van der Waals surface area contributed by atoms with E-state index in [9.17, 15) is 4.79 Å². The van der Waals surface area contributed by atoms with E-state index in [4.69, 9.17) is 10.5 Å². The number of carbonyl (C=O) groups excluding carboxylic acids is 1. The number of nitrogens with zero attached hydrogens (tertiary/aromatic N) is 1. The number of carbonyl (C=O) groups is 1. The maximum absolute atomic E-state index is 12.9. The molecule has 3 atom stereocenters. The minimum Gasteiger partial charge on any atom is -0.378 e. The van der Waals surface area contributed by atoms with Crippen LogP contribution < -0.4 is 11.1 Å². The SMILES string of the molecule is CCOC1CC(N)(C(=O)NCC(c2cccs2)N2CCCC2)C1(C)C. The summed E-state index contributed by atoms with van der Waals surface area (Å²) in [5.74, 6) is -0.0470. The average molecular weight is 366 g/mol. The quantitative estimate of drug-likeness (QED) is 0.779. The summed E-state index contributed by atoms with van der Waals surface area (Å²) in [5.41, 5.74) is 5.30. The Hall–Kier alpha value is -0.950. The fourth-order valence-corrected chi connectivity index (χ4v) is 4.97. The second-order valence-corrected chi connectivity index (χ2v) is 8.80. The minimum atomic E-state index is -0.849. The molecular weight excluding hydrogens is 334 g/mol. The van der Waals surface area contributed by atoms with Crippen LogP contribution in [-0.2, 0) is 9.53 Å². The van der Waals surface area contributed by atoms with Crippen molar-refractivity contribution in [3.8, 4) is 0 Å². The van der Waals surface area contributed by atoms with Crippen LogP contribution in [0.3, 0.4) is 0 Å². The van der Waals surface area contributed by atoms with Crippen molar-refractivity contribution in [2.75, 3.05) is 26.2 Å². The predicted octanol–water partition coefficient (Wildman–Crippen LogP) is 2.53. The van der Waals surface area contributed by atoms with E-state index < -0.39 is 5.54 Å². The number of nitrogens with one attached hydrogen (secondary N) is 1. The molecule has 2 fully saturated rings. The van der Waals surface area contributed by atoms with E-state index in [-0.39, 0.29) is 23.5 Å². The van der Waals surface area contributed by atoms with Gasteiger partial charge in [-0.1, -0.05) is 19.9 Å². The lowest BCUT2D eigenvalue weighted by atomic mass is 9.54. The van der Waals surface area contributed by atoms with Crippen molar-refractivity contribution < 1.29 is 9.53 Å². The Morgan fingerprint density at radius 1 is 1.48 bits per heavy atom. The highest BCUT2D eigenvalue weighted by atomic mass is 32.1. The Morgan fingerprint density at radius 3 is 2.76 bits per heavy atom. The molecule has 1 aromatic heterocycles. The van der Waals surface area contributed by atoms with Gasteiger partial charge >= 0.3 is 0 Å². The third kappa shape index (κ3) is 3.37. The van der Waals surface area contributed by atoms with Crippen molar-refractivity contribution in [1.29, 1.82) is 0 Å². The first-order chi connectivity index (χ1) is 11.9. The third-order valence-corrected chi connectivity index (χ3v) is 7.12. The van der Waals surface area contributed by atoms with Gasteiger partial charge in [0.15, 0.2) is 0 Å². The molecule has 140 valence electrons. The van der Waals surface area contributed by atoms with Crippen molar-refractivity contribution in [3.63, 3.8) is 0 Å². The van der Waals surface area contributed by atoms with E-state index in [1.54, 1.807) is 11.3 Å². The summed E-state index contributed by atoms with van der Waals surface area (Å²) < 4.78 is 5.74. The zero-order valence-corrected chi connectivity index (χ0v) is 16.4. The van der Waals surface area contributed by atoms with Crippen molar-refractivity contribution in [2.24, 2.45) is 11.1 Å². The van der Waals surface area contributed by atoms with E-state index in [1.807, 2.05) is 20.8 Å². The first-order valence-corrected chi connectivity index (χ1v) is 10.2. The van der Waals surface area contributed by atoms with Crippen LogP contribution in [0.2, 0.25) is 0 Å². The molecule has 1 aromatic rings. The third-order valence-electron chi connectivity index (χ3n) is 6.14. The molecule has 5 nitrogen and oxygen atoms in total. The van der Waals surface area contributed by atoms with E-state index in [0.717, 1.165) is 13.1 Å². The van der Waals surface area contributed by atoms with Crippen LogP contribution in [-0.4, -0.2) is 48.7 Å². The maximum atomic E-state index is 12.9. The normalized spacial score (nSPS) is 30.0. The molecule has 1 saturated carbocycles. The lowest BCUT2D eigenvalue weighted by Gasteiger charge is -2.57. The van der Waals surface area contributed by atoms with E-state index in [2.05, 4.69) is 27.7 Å². The number of thiophene rings is 1. The van der Waals surface area contributed by atoms with Crippen LogP contribution in [0.15, 0.2) is 17.5 Å². The number of rotatable bonds is 7. The minimum absolute atomic E-state index is 0.0470. The Morgan fingerprint density at radius 2 is 2.20 bits per heavy atom. The van der Waals surface area contributed by atoms with Gasteiger partial charge in [-0.25, -0.2) is 0 Å². The molecule has 2 heterocycles. The van der Waals surface area contributed by atoms with Crippen LogP contribution >= 0.6 is 11.3 Å². The van der Waals surface area contributed by atoms with E-state index in [0.29, 0.717) is 19.6 Å². The number of hydrogen-bond donors (Lipinski definition) is 2. The van der Waals surface area contributed by atoms with Crippen LogP contribution in [0.25, 0.3) is 0 Å². The Labute approximate surface area is 154 Å². The van der Waals surface area contributed by atoms with E-state index in [1.165, 1.54) is 17.7 Å². The second-order valence-electron chi connectivity index (χ2n) is 7.83. The van der Waals surface area contributed by atoms with Gasteiger partial charge in [-0.05, 0) is 44.3 Å². The van der Waals surface area contributed by atoms with Crippen molar-refractivity contribution in [3.05, 3.63) is 22.4 Å². The summed E-state index contributed by atoms with van der Waals surface area (Å²) in [4.78, 5) is 16.7.